The second-order valence-electron chi connectivity index (χ2n) is 5.58. The average Bonchev–Trinajstić information content (AvgIpc) is 2.69. The summed E-state index contributed by atoms with van der Waals surface area (Å²) in [6, 6.07) is 19.1. The Labute approximate surface area is 154 Å². The lowest BCUT2D eigenvalue weighted by Gasteiger charge is -2.05. The third-order valence-corrected chi connectivity index (χ3v) is 3.65. The van der Waals surface area contributed by atoms with Gasteiger partial charge in [0.05, 0.1) is 0 Å². The van der Waals surface area contributed by atoms with Crippen LogP contribution in [0.3, 0.4) is 0 Å². The van der Waals surface area contributed by atoms with Crippen molar-refractivity contribution in [2.75, 3.05) is 13.2 Å². The number of carbonyl (C=O) groups excluding carboxylic acids is 1. The van der Waals surface area contributed by atoms with Crippen molar-refractivity contribution in [3.63, 3.8) is 0 Å². The molecule has 0 aliphatic rings. The van der Waals surface area contributed by atoms with Gasteiger partial charge < -0.3 is 10.1 Å². The third kappa shape index (κ3) is 6.19. The van der Waals surface area contributed by atoms with Crippen LogP contribution in [0, 0.1) is 23.7 Å². The van der Waals surface area contributed by atoms with Crippen molar-refractivity contribution in [1.82, 2.24) is 5.32 Å². The molecule has 0 saturated carbocycles. The summed E-state index contributed by atoms with van der Waals surface area (Å²) in [6.45, 7) is 0.718. The average molecular weight is 344 g/mol. The Morgan fingerprint density at radius 3 is 2.54 bits per heavy atom. The summed E-state index contributed by atoms with van der Waals surface area (Å²) < 4.78 is 5.29. The number of benzene rings is 2. The first-order valence-corrected chi connectivity index (χ1v) is 8.33. The molecule has 0 bridgehead atoms. The monoisotopic (exact) mass is 344 g/mol. The smallest absolute Gasteiger partial charge is 0.261 e. The maximum absolute atomic E-state index is 12.1. The molecule has 2 aromatic carbocycles. The zero-order valence-electron chi connectivity index (χ0n) is 14.4. The number of ether oxygens (including phenoxy) is 1. The minimum Gasteiger partial charge on any atom is -0.481 e. The fourth-order valence-corrected chi connectivity index (χ4v) is 2.33. The molecule has 0 spiro atoms. The summed E-state index contributed by atoms with van der Waals surface area (Å²) in [7, 11) is 0. The van der Waals surface area contributed by atoms with Gasteiger partial charge in [-0.05, 0) is 42.2 Å². The molecule has 0 unspecified atom stereocenters. The molecule has 2 rings (SSSR count). The van der Waals surface area contributed by atoms with Gasteiger partial charge in [0.2, 0.25) is 0 Å². The van der Waals surface area contributed by atoms with E-state index in [4.69, 9.17) is 11.2 Å². The van der Waals surface area contributed by atoms with E-state index < -0.39 is 0 Å². The Hall–Kier alpha value is -3.50. The van der Waals surface area contributed by atoms with Crippen LogP contribution in [0.15, 0.2) is 60.2 Å². The molecule has 130 valence electrons. The fraction of sp³-hybridized carbons (Fsp3) is 0.182. The molecule has 1 N–H and O–H groups in total. The largest absolute Gasteiger partial charge is 0.481 e. The van der Waals surface area contributed by atoms with E-state index in [1.54, 1.807) is 30.3 Å². The van der Waals surface area contributed by atoms with E-state index in [1.165, 1.54) is 5.56 Å². The first-order valence-electron chi connectivity index (χ1n) is 8.33. The van der Waals surface area contributed by atoms with E-state index in [-0.39, 0.29) is 18.1 Å². The van der Waals surface area contributed by atoms with Gasteiger partial charge in [0.1, 0.15) is 24.0 Å². The molecule has 1 amide bonds. The molecule has 0 fully saturated rings. The van der Waals surface area contributed by atoms with E-state index >= 15 is 0 Å². The van der Waals surface area contributed by atoms with Crippen LogP contribution in [-0.4, -0.2) is 19.1 Å². The van der Waals surface area contributed by atoms with Crippen LogP contribution in [0.4, 0.5) is 0 Å². The van der Waals surface area contributed by atoms with Gasteiger partial charge in [0.25, 0.3) is 5.91 Å². The molecule has 2 aromatic rings. The Kier molecular flexibility index (Phi) is 7.52. The van der Waals surface area contributed by atoms with Gasteiger partial charge in [0.15, 0.2) is 0 Å². The first-order chi connectivity index (χ1) is 12.7. The van der Waals surface area contributed by atoms with Crippen molar-refractivity contribution < 1.29 is 9.53 Å². The second kappa shape index (κ2) is 10.4. The first kappa shape index (κ1) is 18.8. The molecule has 0 radical (unpaired) electrons. The number of nitrogens with one attached hydrogen (secondary N) is 1. The number of amides is 1. The van der Waals surface area contributed by atoms with Gasteiger partial charge >= 0.3 is 0 Å². The zero-order chi connectivity index (χ0) is 18.6. The lowest BCUT2D eigenvalue weighted by Crippen LogP contribution is -2.25. The summed E-state index contributed by atoms with van der Waals surface area (Å²) in [5.41, 5.74) is 2.04. The lowest BCUT2D eigenvalue weighted by atomic mass is 10.1. The number of nitrogens with zero attached hydrogens (tertiary/aromatic N) is 1. The summed E-state index contributed by atoms with van der Waals surface area (Å²) in [6.07, 6.45) is 8.39. The highest BCUT2D eigenvalue weighted by Gasteiger charge is 2.08. The molecule has 0 heterocycles. The van der Waals surface area contributed by atoms with Crippen LogP contribution in [0.1, 0.15) is 17.5 Å². The van der Waals surface area contributed by atoms with Crippen molar-refractivity contribution in [2.45, 2.75) is 12.8 Å². The number of nitriles is 1. The number of terminal acetylenes is 1. The van der Waals surface area contributed by atoms with Crippen LogP contribution < -0.4 is 10.1 Å². The number of hydrogen-bond donors (Lipinski definition) is 1. The van der Waals surface area contributed by atoms with Gasteiger partial charge in [-0.1, -0.05) is 48.4 Å². The number of rotatable bonds is 8. The summed E-state index contributed by atoms with van der Waals surface area (Å²) in [5.74, 6) is 2.67. The van der Waals surface area contributed by atoms with Crippen molar-refractivity contribution in [1.29, 1.82) is 5.26 Å². The maximum atomic E-state index is 12.1. The Morgan fingerprint density at radius 2 is 1.88 bits per heavy atom. The van der Waals surface area contributed by atoms with Crippen LogP contribution in [0.5, 0.6) is 5.75 Å². The van der Waals surface area contributed by atoms with Crippen LogP contribution >= 0.6 is 0 Å². The lowest BCUT2D eigenvalue weighted by molar-refractivity contribution is -0.117. The molecule has 0 aliphatic carbocycles. The van der Waals surface area contributed by atoms with E-state index in [1.807, 2.05) is 24.3 Å². The van der Waals surface area contributed by atoms with Crippen molar-refractivity contribution >= 4 is 12.0 Å². The third-order valence-electron chi connectivity index (χ3n) is 3.65. The van der Waals surface area contributed by atoms with Crippen molar-refractivity contribution in [2.24, 2.45) is 0 Å². The summed E-state index contributed by atoms with van der Waals surface area (Å²) >= 11 is 0. The van der Waals surface area contributed by atoms with Gasteiger partial charge in [0, 0.05) is 6.54 Å². The minimum atomic E-state index is -0.367. The predicted octanol–water partition coefficient (Wildman–Crippen LogP) is 3.35. The van der Waals surface area contributed by atoms with Crippen molar-refractivity contribution in [3.8, 4) is 24.2 Å². The molecular formula is C22H20N2O2. The quantitative estimate of drug-likeness (QED) is 0.346. The van der Waals surface area contributed by atoms with E-state index in [0.29, 0.717) is 12.3 Å². The molecule has 0 saturated heterocycles. The minimum absolute atomic E-state index is 0.0713. The Balaban J connectivity index is 1.86. The van der Waals surface area contributed by atoms with Gasteiger partial charge in [-0.2, -0.15) is 5.26 Å². The summed E-state index contributed by atoms with van der Waals surface area (Å²) in [4.78, 5) is 12.1. The number of aryl methyl sites for hydroxylation is 1. The molecule has 4 heteroatoms. The molecule has 4 nitrogen and oxygen atoms in total. The van der Waals surface area contributed by atoms with Gasteiger partial charge in [-0.25, -0.2) is 0 Å². The SMILES string of the molecule is C#CCOc1ccc(/C=C(/C#N)C(=O)NCCCc2ccccc2)cc1. The van der Waals surface area contributed by atoms with Crippen molar-refractivity contribution in [3.05, 3.63) is 71.3 Å². The Morgan fingerprint density at radius 1 is 1.15 bits per heavy atom. The molecular weight excluding hydrogens is 324 g/mol. The normalized spacial score (nSPS) is 10.5. The van der Waals surface area contributed by atoms with Crippen LogP contribution in [-0.2, 0) is 11.2 Å². The standard InChI is InChI=1S/C22H20N2O2/c1-2-15-26-21-12-10-19(11-13-21)16-20(17-23)22(25)24-14-6-9-18-7-4-3-5-8-18/h1,3-5,7-8,10-13,16H,6,9,14-15H2,(H,24,25)/b20-16-. The molecule has 0 atom stereocenters. The van der Waals surface area contributed by atoms with Crippen LogP contribution in [0.2, 0.25) is 0 Å². The number of hydrogen-bond acceptors (Lipinski definition) is 3. The van der Waals surface area contributed by atoms with E-state index in [0.717, 1.165) is 18.4 Å². The van der Waals surface area contributed by atoms with Gasteiger partial charge in [-0.3, -0.25) is 4.79 Å². The zero-order valence-corrected chi connectivity index (χ0v) is 14.4. The van der Waals surface area contributed by atoms with Gasteiger partial charge in [-0.15, -0.1) is 6.42 Å². The highest BCUT2D eigenvalue weighted by molar-refractivity contribution is 6.01. The second-order valence-corrected chi connectivity index (χ2v) is 5.58. The van der Waals surface area contributed by atoms with E-state index in [2.05, 4.69) is 23.4 Å². The predicted molar refractivity (Wildman–Crippen MR) is 102 cm³/mol. The Bertz CT molecular complexity index is 825. The molecule has 26 heavy (non-hydrogen) atoms. The van der Waals surface area contributed by atoms with E-state index in [9.17, 15) is 10.1 Å². The number of carbonyl (C=O) groups is 1. The fourth-order valence-electron chi connectivity index (χ4n) is 2.33. The maximum Gasteiger partial charge on any atom is 0.261 e. The van der Waals surface area contributed by atoms with Crippen LogP contribution in [0.25, 0.3) is 6.08 Å². The highest BCUT2D eigenvalue weighted by Crippen LogP contribution is 2.14. The highest BCUT2D eigenvalue weighted by atomic mass is 16.5. The topological polar surface area (TPSA) is 62.1 Å². The molecule has 0 aliphatic heterocycles. The summed E-state index contributed by atoms with van der Waals surface area (Å²) in [5, 5.41) is 12.0. The molecule has 0 aromatic heterocycles.